The summed E-state index contributed by atoms with van der Waals surface area (Å²) in [6, 6.07) is 38.4. The molecule has 2 aromatic heterocycles. The molecule has 0 amide bonds. The number of alkyl halides is 6. The van der Waals surface area contributed by atoms with Crippen LogP contribution in [0.4, 0.5) is 26.3 Å². The van der Waals surface area contributed by atoms with Gasteiger partial charge in [0, 0.05) is 63.0 Å². The first-order chi connectivity index (χ1) is 26.4. The summed E-state index contributed by atoms with van der Waals surface area (Å²) < 4.78 is 99.4. The van der Waals surface area contributed by atoms with Gasteiger partial charge >= 0.3 is 17.8 Å². The molecule has 11 rings (SSSR count). The second-order valence-corrected chi connectivity index (χ2v) is 17.0. The zero-order valence-electron chi connectivity index (χ0n) is 29.1. The van der Waals surface area contributed by atoms with Crippen molar-refractivity contribution in [3.63, 3.8) is 0 Å². The first-order valence-electron chi connectivity index (χ1n) is 17.8. The molecule has 0 spiro atoms. The van der Waals surface area contributed by atoms with E-state index in [1.54, 1.807) is 38.1 Å². The van der Waals surface area contributed by atoms with Crippen LogP contribution in [0.3, 0.4) is 0 Å². The van der Waals surface area contributed by atoms with E-state index in [0.717, 1.165) is 64.6 Å². The Morgan fingerprint density at radius 2 is 0.709 bits per heavy atom. The van der Waals surface area contributed by atoms with Crippen LogP contribution in [0, 0.1) is 13.8 Å². The third-order valence-corrected chi connectivity index (χ3v) is 13.9. The van der Waals surface area contributed by atoms with Crippen LogP contribution in [0.2, 0.25) is 0 Å². The predicted molar refractivity (Wildman–Crippen MR) is 220 cm³/mol. The van der Waals surface area contributed by atoms with Gasteiger partial charge in [-0.05, 0) is 67.7 Å². The Kier molecular flexibility index (Phi) is 6.51. The molecule has 0 bridgehead atoms. The number of thiophene rings is 2. The van der Waals surface area contributed by atoms with Crippen molar-refractivity contribution in [1.29, 1.82) is 0 Å². The maximum absolute atomic E-state index is 16.6. The average Bonchev–Trinajstić information content (AvgIpc) is 3.72. The molecule has 0 radical (unpaired) electrons. The van der Waals surface area contributed by atoms with Gasteiger partial charge in [-0.2, -0.15) is 26.3 Å². The van der Waals surface area contributed by atoms with E-state index >= 15 is 26.3 Å². The highest BCUT2D eigenvalue weighted by Gasteiger charge is 2.80. The molecule has 55 heavy (non-hydrogen) atoms. The Hall–Kier alpha value is -5.44. The molecule has 8 aromatic carbocycles. The molecule has 1 aliphatic carbocycles. The van der Waals surface area contributed by atoms with Gasteiger partial charge in [0.25, 0.3) is 0 Å². The molecule has 10 aromatic rings. The Morgan fingerprint density at radius 3 is 1.13 bits per heavy atom. The monoisotopic (exact) mass is 768 g/mol. The molecule has 0 aliphatic heterocycles. The van der Waals surface area contributed by atoms with Crippen molar-refractivity contribution in [3.8, 4) is 0 Å². The zero-order valence-corrected chi connectivity index (χ0v) is 30.8. The molecular weight excluding hydrogens is 743 g/mol. The van der Waals surface area contributed by atoms with Gasteiger partial charge in [-0.1, -0.05) is 121 Å². The largest absolute Gasteiger partial charge is 0.380 e. The standard InChI is InChI=1S/C47H26F6S2/c1-23-37(35-21-15-27-13-17-31-29-9-5-3-7-25(29)11-19-33(31)39(27)43(35)54-23)41-42(46(50,51)47(52,53)45(41,48)49)38-24(2)55-44-36(38)22-16-28-14-18-32-30-10-6-4-8-26(30)12-20-34(32)40(28)44/h3-22H,1-2H3. The van der Waals surface area contributed by atoms with E-state index in [4.69, 9.17) is 0 Å². The van der Waals surface area contributed by atoms with Crippen LogP contribution in [0.25, 0.3) is 96.0 Å². The lowest BCUT2D eigenvalue weighted by Gasteiger charge is -2.26. The fourth-order valence-corrected chi connectivity index (χ4v) is 11.6. The van der Waals surface area contributed by atoms with E-state index in [1.165, 1.54) is 22.7 Å². The quantitative estimate of drug-likeness (QED) is 0.121. The third kappa shape index (κ3) is 4.08. The fourth-order valence-electron chi connectivity index (χ4n) is 9.17. The molecule has 0 N–H and O–H groups in total. The van der Waals surface area contributed by atoms with Crippen molar-refractivity contribution in [3.05, 3.63) is 142 Å². The van der Waals surface area contributed by atoms with Crippen LogP contribution in [0.15, 0.2) is 121 Å². The van der Waals surface area contributed by atoms with Gasteiger partial charge in [0.15, 0.2) is 0 Å². The van der Waals surface area contributed by atoms with Crippen LogP contribution >= 0.6 is 22.7 Å². The van der Waals surface area contributed by atoms with Crippen LogP contribution in [-0.4, -0.2) is 17.8 Å². The lowest BCUT2D eigenvalue weighted by molar-refractivity contribution is -0.254. The number of hydrogen-bond acceptors (Lipinski definition) is 2. The summed E-state index contributed by atoms with van der Waals surface area (Å²) in [6.07, 6.45) is 0. The maximum Gasteiger partial charge on any atom is 0.380 e. The first-order valence-corrected chi connectivity index (χ1v) is 19.5. The molecular formula is C47H26F6S2. The first kappa shape index (κ1) is 32.9. The van der Waals surface area contributed by atoms with Gasteiger partial charge in [0.2, 0.25) is 0 Å². The highest BCUT2D eigenvalue weighted by molar-refractivity contribution is 7.21. The number of allylic oxidation sites excluding steroid dienone is 2. The molecule has 0 atom stereocenters. The summed E-state index contributed by atoms with van der Waals surface area (Å²) in [5.41, 5.74) is -3.12. The van der Waals surface area contributed by atoms with Crippen molar-refractivity contribution in [2.45, 2.75) is 31.6 Å². The smallest absolute Gasteiger partial charge is 0.194 e. The van der Waals surface area contributed by atoms with Gasteiger partial charge < -0.3 is 0 Å². The van der Waals surface area contributed by atoms with Gasteiger partial charge in [0.1, 0.15) is 0 Å². The summed E-state index contributed by atoms with van der Waals surface area (Å²) in [4.78, 5) is 0.531. The number of hydrogen-bond donors (Lipinski definition) is 0. The number of rotatable bonds is 2. The molecule has 1 aliphatic rings. The Bertz CT molecular complexity index is 3160. The van der Waals surface area contributed by atoms with Crippen LogP contribution in [0.5, 0.6) is 0 Å². The van der Waals surface area contributed by atoms with E-state index in [9.17, 15) is 0 Å². The number of benzene rings is 8. The van der Waals surface area contributed by atoms with Crippen LogP contribution < -0.4 is 0 Å². The summed E-state index contributed by atoms with van der Waals surface area (Å²) in [5, 5.41) is 11.4. The molecule has 0 saturated carbocycles. The lowest BCUT2D eigenvalue weighted by atomic mass is 9.89. The minimum absolute atomic E-state index is 0.247. The molecule has 0 unspecified atom stereocenters. The van der Waals surface area contributed by atoms with E-state index in [0.29, 0.717) is 9.40 Å². The molecule has 0 saturated heterocycles. The topological polar surface area (TPSA) is 0 Å². The number of aryl methyl sites for hydroxylation is 2. The summed E-state index contributed by atoms with van der Waals surface area (Å²) >= 11 is 2.35. The van der Waals surface area contributed by atoms with Crippen LogP contribution in [-0.2, 0) is 0 Å². The van der Waals surface area contributed by atoms with Gasteiger partial charge in [-0.15, -0.1) is 22.7 Å². The molecule has 8 heteroatoms. The summed E-state index contributed by atoms with van der Waals surface area (Å²) in [6.45, 7) is 3.12. The van der Waals surface area contributed by atoms with Crippen molar-refractivity contribution in [1.82, 2.24) is 0 Å². The highest BCUT2D eigenvalue weighted by atomic mass is 32.1. The summed E-state index contributed by atoms with van der Waals surface area (Å²) in [5.74, 6) is -16.0. The van der Waals surface area contributed by atoms with Crippen molar-refractivity contribution >= 4 is 119 Å². The van der Waals surface area contributed by atoms with E-state index < -0.39 is 28.9 Å². The molecule has 0 nitrogen and oxygen atoms in total. The second-order valence-electron chi connectivity index (χ2n) is 14.5. The Labute approximate surface area is 317 Å². The maximum atomic E-state index is 16.6. The average molecular weight is 769 g/mol. The third-order valence-electron chi connectivity index (χ3n) is 11.6. The predicted octanol–water partition coefficient (Wildman–Crippen LogP) is 15.5. The Morgan fingerprint density at radius 1 is 0.364 bits per heavy atom. The fraction of sp³-hybridized carbons (Fsp3) is 0.106. The van der Waals surface area contributed by atoms with Crippen molar-refractivity contribution in [2.24, 2.45) is 0 Å². The van der Waals surface area contributed by atoms with E-state index in [-0.39, 0.29) is 31.7 Å². The second kappa shape index (κ2) is 10.9. The van der Waals surface area contributed by atoms with Gasteiger partial charge in [-0.25, -0.2) is 0 Å². The lowest BCUT2D eigenvalue weighted by Crippen LogP contribution is -2.48. The van der Waals surface area contributed by atoms with Crippen molar-refractivity contribution in [2.75, 3.05) is 0 Å². The number of halogens is 6. The molecule has 268 valence electrons. The van der Waals surface area contributed by atoms with Gasteiger partial charge in [0.05, 0.1) is 0 Å². The Balaban J connectivity index is 1.26. The minimum Gasteiger partial charge on any atom is -0.194 e. The van der Waals surface area contributed by atoms with E-state index in [2.05, 4.69) is 0 Å². The minimum atomic E-state index is -5.68. The zero-order chi connectivity index (χ0) is 37.8. The summed E-state index contributed by atoms with van der Waals surface area (Å²) in [7, 11) is 0. The SMILES string of the molecule is Cc1sc2c(ccc3ccc4c5ccccc5ccc4c32)c1C1=C(c2c(C)sc3c2ccc2ccc4c5ccccc5ccc4c23)C(F)(F)C(F)(F)C1(F)F. The van der Waals surface area contributed by atoms with E-state index in [1.807, 2.05) is 97.1 Å². The van der Waals surface area contributed by atoms with Crippen molar-refractivity contribution < 1.29 is 26.3 Å². The van der Waals surface area contributed by atoms with Crippen LogP contribution in [0.1, 0.15) is 20.9 Å². The normalized spacial score (nSPS) is 16.7. The molecule has 2 heterocycles. The number of fused-ring (bicyclic) bond motifs is 14. The highest BCUT2D eigenvalue weighted by Crippen LogP contribution is 2.67. The van der Waals surface area contributed by atoms with Gasteiger partial charge in [-0.3, -0.25) is 0 Å². The molecule has 0 fully saturated rings.